The Labute approximate surface area is 135 Å². The van der Waals surface area contributed by atoms with Gasteiger partial charge in [-0.1, -0.05) is 11.6 Å². The summed E-state index contributed by atoms with van der Waals surface area (Å²) in [6.07, 6.45) is 0. The number of methoxy groups -OCH3 is 1. The smallest absolute Gasteiger partial charge is 0.250 e. The van der Waals surface area contributed by atoms with E-state index in [1.54, 1.807) is 0 Å². The van der Waals surface area contributed by atoms with Gasteiger partial charge in [-0.05, 0) is 28.9 Å². The number of carbonyl (C=O) groups is 1. The molecule has 0 fully saturated rings. The Kier molecular flexibility index (Phi) is 6.89. The van der Waals surface area contributed by atoms with Crippen LogP contribution in [0.3, 0.4) is 0 Å². The van der Waals surface area contributed by atoms with Crippen LogP contribution < -0.4 is 10.0 Å². The molecule has 1 heterocycles. The van der Waals surface area contributed by atoms with Gasteiger partial charge in [-0.3, -0.25) is 4.79 Å². The van der Waals surface area contributed by atoms with Crippen molar-refractivity contribution in [3.05, 3.63) is 14.9 Å². The third kappa shape index (κ3) is 4.97. The third-order valence-electron chi connectivity index (χ3n) is 2.22. The van der Waals surface area contributed by atoms with Crippen molar-refractivity contribution in [2.75, 3.05) is 20.3 Å². The topological polar surface area (TPSA) is 84.5 Å². The second kappa shape index (κ2) is 7.71. The van der Waals surface area contributed by atoms with Crippen molar-refractivity contribution in [2.45, 2.75) is 17.2 Å². The first-order chi connectivity index (χ1) is 9.27. The zero-order valence-corrected chi connectivity index (χ0v) is 14.7. The Balaban J connectivity index is 2.68. The van der Waals surface area contributed by atoms with Crippen LogP contribution in [-0.2, 0) is 19.6 Å². The molecular formula is C10H14BrClN2O4S2. The molecule has 0 saturated heterocycles. The van der Waals surface area contributed by atoms with E-state index in [4.69, 9.17) is 16.3 Å². The summed E-state index contributed by atoms with van der Waals surface area (Å²) in [5, 5.41) is 2.86. The molecule has 114 valence electrons. The van der Waals surface area contributed by atoms with E-state index in [9.17, 15) is 13.2 Å². The molecule has 0 aliphatic carbocycles. The summed E-state index contributed by atoms with van der Waals surface area (Å²) in [6, 6.07) is 0.435. The van der Waals surface area contributed by atoms with Crippen molar-refractivity contribution in [3.8, 4) is 0 Å². The van der Waals surface area contributed by atoms with Gasteiger partial charge in [-0.2, -0.15) is 4.72 Å². The van der Waals surface area contributed by atoms with Gasteiger partial charge < -0.3 is 10.1 Å². The molecule has 1 atom stereocenters. The summed E-state index contributed by atoms with van der Waals surface area (Å²) < 4.78 is 31.8. The van der Waals surface area contributed by atoms with Crippen LogP contribution in [0.5, 0.6) is 0 Å². The van der Waals surface area contributed by atoms with Gasteiger partial charge in [0.2, 0.25) is 5.91 Å². The second-order valence-electron chi connectivity index (χ2n) is 3.81. The number of hydrogen-bond acceptors (Lipinski definition) is 5. The minimum atomic E-state index is -3.77. The summed E-state index contributed by atoms with van der Waals surface area (Å²) in [5.74, 6) is -0.424. The number of halogens is 2. The first-order valence-corrected chi connectivity index (χ1v) is 8.99. The van der Waals surface area contributed by atoms with Crippen LogP contribution in [0.15, 0.2) is 14.1 Å². The zero-order valence-electron chi connectivity index (χ0n) is 10.8. The molecule has 2 N–H and O–H groups in total. The lowest BCUT2D eigenvalue weighted by Gasteiger charge is -2.13. The molecular weight excluding hydrogens is 392 g/mol. The van der Waals surface area contributed by atoms with E-state index in [2.05, 4.69) is 26.0 Å². The van der Waals surface area contributed by atoms with Gasteiger partial charge in [0.25, 0.3) is 10.0 Å². The maximum atomic E-state index is 12.1. The minimum absolute atomic E-state index is 0.0471. The molecule has 1 amide bonds. The van der Waals surface area contributed by atoms with Gasteiger partial charge in [-0.15, -0.1) is 11.3 Å². The van der Waals surface area contributed by atoms with Crippen molar-refractivity contribution in [2.24, 2.45) is 0 Å². The normalized spacial score (nSPS) is 13.2. The van der Waals surface area contributed by atoms with Gasteiger partial charge >= 0.3 is 0 Å². The van der Waals surface area contributed by atoms with Crippen LogP contribution in [0.4, 0.5) is 0 Å². The molecule has 0 bridgehead atoms. The van der Waals surface area contributed by atoms with E-state index in [0.29, 0.717) is 22.0 Å². The fourth-order valence-corrected chi connectivity index (χ4v) is 4.85. The van der Waals surface area contributed by atoms with Gasteiger partial charge in [0, 0.05) is 13.7 Å². The molecule has 0 saturated carbocycles. The fraction of sp³-hybridized carbons (Fsp3) is 0.500. The van der Waals surface area contributed by atoms with E-state index in [0.717, 1.165) is 11.3 Å². The van der Waals surface area contributed by atoms with Crippen LogP contribution >= 0.6 is 38.9 Å². The van der Waals surface area contributed by atoms with Crippen LogP contribution in [0.25, 0.3) is 0 Å². The third-order valence-corrected chi connectivity index (χ3v) is 6.71. The SMILES string of the molecule is COCCNC(=O)C(C)NS(=O)(=O)c1cc(Cl)c(Br)s1. The minimum Gasteiger partial charge on any atom is -0.383 e. The fourth-order valence-electron chi connectivity index (χ4n) is 1.23. The highest BCUT2D eigenvalue weighted by Gasteiger charge is 2.24. The lowest BCUT2D eigenvalue weighted by Crippen LogP contribution is -2.45. The van der Waals surface area contributed by atoms with Gasteiger partial charge in [0.1, 0.15) is 4.21 Å². The Bertz CT molecular complexity index is 556. The highest BCUT2D eigenvalue weighted by Crippen LogP contribution is 2.34. The second-order valence-corrected chi connectivity index (χ2v) is 8.53. The molecule has 1 aromatic rings. The molecule has 0 aliphatic heterocycles. The molecule has 0 aliphatic rings. The summed E-state index contributed by atoms with van der Waals surface area (Å²) in [4.78, 5) is 11.7. The standard InChI is InChI=1S/C10H14BrClN2O4S2/c1-6(10(15)13-3-4-18-2)14-20(16,17)8-5-7(12)9(11)19-8/h5-6,14H,3-4H2,1-2H3,(H,13,15). The number of amides is 1. The summed E-state index contributed by atoms with van der Waals surface area (Å²) in [6.45, 7) is 2.14. The van der Waals surface area contributed by atoms with Crippen molar-refractivity contribution in [1.82, 2.24) is 10.0 Å². The molecule has 1 unspecified atom stereocenters. The molecule has 0 spiro atoms. The molecule has 0 aromatic carbocycles. The average Bonchev–Trinajstić information content (AvgIpc) is 2.70. The first-order valence-electron chi connectivity index (χ1n) is 5.51. The van der Waals surface area contributed by atoms with Crippen LogP contribution in [0.1, 0.15) is 6.92 Å². The van der Waals surface area contributed by atoms with Crippen LogP contribution in [0.2, 0.25) is 5.02 Å². The molecule has 1 aromatic heterocycles. The number of thiophene rings is 1. The molecule has 6 nitrogen and oxygen atoms in total. The van der Waals surface area contributed by atoms with E-state index in [-0.39, 0.29) is 4.21 Å². The Morgan fingerprint density at radius 3 is 2.75 bits per heavy atom. The molecule has 1 rings (SSSR count). The largest absolute Gasteiger partial charge is 0.383 e. The van der Waals surface area contributed by atoms with Crippen LogP contribution in [0, 0.1) is 0 Å². The highest BCUT2D eigenvalue weighted by atomic mass is 79.9. The number of nitrogens with one attached hydrogen (secondary N) is 2. The monoisotopic (exact) mass is 404 g/mol. The number of carbonyl (C=O) groups excluding carboxylic acids is 1. The van der Waals surface area contributed by atoms with Crippen molar-refractivity contribution in [3.63, 3.8) is 0 Å². The zero-order chi connectivity index (χ0) is 15.3. The molecule has 20 heavy (non-hydrogen) atoms. The summed E-state index contributed by atoms with van der Waals surface area (Å²) in [5.41, 5.74) is 0. The number of hydrogen-bond donors (Lipinski definition) is 2. The Morgan fingerprint density at radius 2 is 2.25 bits per heavy atom. The van der Waals surface area contributed by atoms with Crippen LogP contribution in [-0.4, -0.2) is 40.6 Å². The van der Waals surface area contributed by atoms with Crippen molar-refractivity contribution >= 4 is 54.8 Å². The van der Waals surface area contributed by atoms with Gasteiger partial charge in [-0.25, -0.2) is 8.42 Å². The predicted molar refractivity (Wildman–Crippen MR) is 81.7 cm³/mol. The molecule has 0 radical (unpaired) electrons. The predicted octanol–water partition coefficient (Wildman–Crippen LogP) is 1.59. The first kappa shape index (κ1) is 17.9. The quantitative estimate of drug-likeness (QED) is 0.675. The Hall–Kier alpha value is -0.190. The van der Waals surface area contributed by atoms with Gasteiger partial charge in [0.15, 0.2) is 0 Å². The van der Waals surface area contributed by atoms with E-state index < -0.39 is 22.0 Å². The number of rotatable bonds is 7. The van der Waals surface area contributed by atoms with Gasteiger partial charge in [0.05, 0.1) is 21.5 Å². The van der Waals surface area contributed by atoms with E-state index in [1.807, 2.05) is 0 Å². The van der Waals surface area contributed by atoms with Crippen molar-refractivity contribution in [1.29, 1.82) is 0 Å². The molecule has 10 heteroatoms. The maximum absolute atomic E-state index is 12.1. The number of ether oxygens (including phenoxy) is 1. The van der Waals surface area contributed by atoms with E-state index in [1.165, 1.54) is 20.1 Å². The Morgan fingerprint density at radius 1 is 1.60 bits per heavy atom. The lowest BCUT2D eigenvalue weighted by atomic mass is 10.3. The maximum Gasteiger partial charge on any atom is 0.250 e. The lowest BCUT2D eigenvalue weighted by molar-refractivity contribution is -0.122. The summed E-state index contributed by atoms with van der Waals surface area (Å²) >= 11 is 9.92. The van der Waals surface area contributed by atoms with E-state index >= 15 is 0 Å². The number of sulfonamides is 1. The highest BCUT2D eigenvalue weighted by molar-refractivity contribution is 9.11. The average molecular weight is 406 g/mol. The van der Waals surface area contributed by atoms with Crippen molar-refractivity contribution < 1.29 is 17.9 Å². The summed E-state index contributed by atoms with van der Waals surface area (Å²) in [7, 11) is -2.26.